The zero-order valence-corrected chi connectivity index (χ0v) is 11.0. The van der Waals surface area contributed by atoms with Crippen molar-refractivity contribution >= 4 is 33.7 Å². The number of benzene rings is 1. The Kier molecular flexibility index (Phi) is 4.65. The van der Waals surface area contributed by atoms with Crippen LogP contribution in [0.2, 0.25) is 0 Å². The number of aliphatic carboxylic acids is 1. The summed E-state index contributed by atoms with van der Waals surface area (Å²) < 4.78 is 37.4. The number of thioether (sulfide) groups is 1. The number of hydrogen-bond acceptors (Lipinski definition) is 3. The second-order valence-electron chi connectivity index (χ2n) is 3.13. The second kappa shape index (κ2) is 5.63. The van der Waals surface area contributed by atoms with Crippen molar-refractivity contribution in [1.82, 2.24) is 0 Å². The fourth-order valence-corrected chi connectivity index (χ4v) is 2.60. The summed E-state index contributed by atoms with van der Waals surface area (Å²) in [6.07, 6.45) is -0.589. The molecule has 0 spiro atoms. The fraction of sp³-hybridized carbons (Fsp3) is 0.200. The number of nitrogens with zero attached hydrogens (tertiary/aromatic N) is 1. The minimum absolute atomic E-state index is 0.0520. The molecule has 0 aliphatic rings. The van der Waals surface area contributed by atoms with Gasteiger partial charge in [-0.2, -0.15) is 18.4 Å². The molecule has 1 aromatic rings. The van der Waals surface area contributed by atoms with Crippen LogP contribution in [0, 0.1) is 11.3 Å². The second-order valence-corrected chi connectivity index (χ2v) is 5.06. The molecule has 1 aromatic carbocycles. The van der Waals surface area contributed by atoms with Gasteiger partial charge in [0.15, 0.2) is 0 Å². The molecule has 0 fully saturated rings. The lowest BCUT2D eigenvalue weighted by molar-refractivity contribution is -0.136. The molecule has 3 nitrogen and oxygen atoms in total. The molecular weight excluding hydrogens is 335 g/mol. The maximum Gasteiger partial charge on any atom is 0.446 e. The predicted octanol–water partition coefficient (Wildman–Crippen LogP) is 3.56. The summed E-state index contributed by atoms with van der Waals surface area (Å²) in [6, 6.07) is 4.19. The minimum atomic E-state index is -4.58. The van der Waals surface area contributed by atoms with E-state index in [-0.39, 0.29) is 20.5 Å². The summed E-state index contributed by atoms with van der Waals surface area (Å²) in [5.41, 5.74) is -4.83. The molecule has 18 heavy (non-hydrogen) atoms. The number of carboxylic acid groups (broad SMARTS) is 1. The highest BCUT2D eigenvalue weighted by molar-refractivity contribution is 9.10. The van der Waals surface area contributed by atoms with Crippen LogP contribution in [-0.4, -0.2) is 16.6 Å². The summed E-state index contributed by atoms with van der Waals surface area (Å²) in [4.78, 5) is 10.3. The zero-order chi connectivity index (χ0) is 13.9. The smallest absolute Gasteiger partial charge is 0.446 e. The third-order valence-electron chi connectivity index (χ3n) is 1.87. The van der Waals surface area contributed by atoms with Gasteiger partial charge in [0.25, 0.3) is 0 Å². The van der Waals surface area contributed by atoms with Crippen molar-refractivity contribution in [1.29, 1.82) is 5.26 Å². The van der Waals surface area contributed by atoms with Crippen molar-refractivity contribution in [2.45, 2.75) is 16.8 Å². The van der Waals surface area contributed by atoms with E-state index >= 15 is 0 Å². The lowest BCUT2D eigenvalue weighted by Gasteiger charge is -2.13. The number of halogens is 4. The number of carbonyl (C=O) groups is 1. The highest BCUT2D eigenvalue weighted by atomic mass is 79.9. The first-order valence-corrected chi connectivity index (χ1v) is 6.04. The standard InChI is InChI=1S/C10H5BrF3NO2S/c11-7-2-1-5(4-15)9(18-10(12,13)14)6(7)3-8(16)17/h1-2H,3H2,(H,16,17). The first-order chi connectivity index (χ1) is 8.24. The van der Waals surface area contributed by atoms with Gasteiger partial charge in [-0.3, -0.25) is 4.79 Å². The molecule has 8 heteroatoms. The Labute approximate surface area is 113 Å². The van der Waals surface area contributed by atoms with Crippen molar-refractivity contribution in [3.8, 4) is 6.07 Å². The topological polar surface area (TPSA) is 61.1 Å². The van der Waals surface area contributed by atoms with Gasteiger partial charge in [-0.15, -0.1) is 0 Å². The van der Waals surface area contributed by atoms with Gasteiger partial charge < -0.3 is 5.11 Å². The van der Waals surface area contributed by atoms with Crippen LogP contribution in [-0.2, 0) is 11.2 Å². The molecule has 0 atom stereocenters. The average Bonchev–Trinajstić information content (AvgIpc) is 2.21. The van der Waals surface area contributed by atoms with Gasteiger partial charge in [-0.05, 0) is 29.5 Å². The number of nitriles is 1. The molecule has 0 saturated carbocycles. The molecule has 1 N–H and O–H groups in total. The van der Waals surface area contributed by atoms with Gasteiger partial charge in [-0.25, -0.2) is 0 Å². The first-order valence-electron chi connectivity index (χ1n) is 4.43. The monoisotopic (exact) mass is 339 g/mol. The van der Waals surface area contributed by atoms with E-state index in [1.807, 2.05) is 0 Å². The summed E-state index contributed by atoms with van der Waals surface area (Å²) in [5, 5.41) is 17.5. The molecule has 0 bridgehead atoms. The third kappa shape index (κ3) is 3.92. The zero-order valence-electron chi connectivity index (χ0n) is 8.58. The van der Waals surface area contributed by atoms with E-state index in [4.69, 9.17) is 10.4 Å². The lowest BCUT2D eigenvalue weighted by Crippen LogP contribution is -2.07. The maximum absolute atomic E-state index is 12.4. The van der Waals surface area contributed by atoms with Crippen molar-refractivity contribution < 1.29 is 23.1 Å². The van der Waals surface area contributed by atoms with Crippen LogP contribution >= 0.6 is 27.7 Å². The molecule has 96 valence electrons. The quantitative estimate of drug-likeness (QED) is 0.855. The fourth-order valence-electron chi connectivity index (χ4n) is 1.24. The molecule has 0 radical (unpaired) electrons. The van der Waals surface area contributed by atoms with E-state index in [0.717, 1.165) is 0 Å². The largest absolute Gasteiger partial charge is 0.481 e. The van der Waals surface area contributed by atoms with Gasteiger partial charge in [0.2, 0.25) is 0 Å². The highest BCUT2D eigenvalue weighted by Gasteiger charge is 2.32. The summed E-state index contributed by atoms with van der Waals surface area (Å²) in [6.45, 7) is 0. The maximum atomic E-state index is 12.4. The normalized spacial score (nSPS) is 11.1. The van der Waals surface area contributed by atoms with E-state index in [9.17, 15) is 18.0 Å². The van der Waals surface area contributed by atoms with E-state index in [1.165, 1.54) is 12.1 Å². The van der Waals surface area contributed by atoms with Gasteiger partial charge >= 0.3 is 11.5 Å². The Morgan fingerprint density at radius 2 is 2.11 bits per heavy atom. The van der Waals surface area contributed by atoms with Gasteiger partial charge in [0.1, 0.15) is 6.07 Å². The van der Waals surface area contributed by atoms with Crippen LogP contribution in [0.25, 0.3) is 0 Å². The molecule has 0 aromatic heterocycles. The van der Waals surface area contributed by atoms with E-state index < -0.39 is 29.7 Å². The van der Waals surface area contributed by atoms with Gasteiger partial charge in [0, 0.05) is 9.37 Å². The van der Waals surface area contributed by atoms with Crippen LogP contribution in [0.5, 0.6) is 0 Å². The Balaban J connectivity index is 3.37. The number of alkyl halides is 3. The van der Waals surface area contributed by atoms with Gasteiger partial charge in [-0.1, -0.05) is 15.9 Å². The predicted molar refractivity (Wildman–Crippen MR) is 62.1 cm³/mol. The van der Waals surface area contributed by atoms with Crippen LogP contribution in [0.1, 0.15) is 11.1 Å². The summed E-state index contributed by atoms with van der Waals surface area (Å²) in [5.74, 6) is -1.27. The molecule has 0 aliphatic heterocycles. The number of hydrogen-bond donors (Lipinski definition) is 1. The van der Waals surface area contributed by atoms with Gasteiger partial charge in [0.05, 0.1) is 12.0 Å². The van der Waals surface area contributed by atoms with Crippen molar-refractivity contribution in [3.63, 3.8) is 0 Å². The summed E-state index contributed by atoms with van der Waals surface area (Å²) in [7, 11) is 0. The van der Waals surface area contributed by atoms with E-state index in [0.29, 0.717) is 0 Å². The Bertz CT molecular complexity index is 525. The third-order valence-corrected chi connectivity index (χ3v) is 3.51. The Hall–Kier alpha value is -1.20. The van der Waals surface area contributed by atoms with Crippen molar-refractivity contribution in [2.75, 3.05) is 0 Å². The molecule has 0 unspecified atom stereocenters. The van der Waals surface area contributed by atoms with E-state index in [2.05, 4.69) is 15.9 Å². The lowest BCUT2D eigenvalue weighted by atomic mass is 10.1. The SMILES string of the molecule is N#Cc1ccc(Br)c(CC(=O)O)c1SC(F)(F)F. The number of carboxylic acids is 1. The number of rotatable bonds is 3. The Morgan fingerprint density at radius 3 is 2.56 bits per heavy atom. The van der Waals surface area contributed by atoms with Crippen LogP contribution in [0.3, 0.4) is 0 Å². The van der Waals surface area contributed by atoms with Crippen molar-refractivity contribution in [3.05, 3.63) is 27.7 Å². The molecule has 1 rings (SSSR count). The molecule has 0 saturated heterocycles. The van der Waals surface area contributed by atoms with Crippen LogP contribution in [0.15, 0.2) is 21.5 Å². The van der Waals surface area contributed by atoms with E-state index in [1.54, 1.807) is 6.07 Å². The molecule has 0 aliphatic carbocycles. The highest BCUT2D eigenvalue weighted by Crippen LogP contribution is 2.42. The minimum Gasteiger partial charge on any atom is -0.481 e. The Morgan fingerprint density at radius 1 is 1.50 bits per heavy atom. The molecule has 0 amide bonds. The van der Waals surface area contributed by atoms with Crippen LogP contribution < -0.4 is 0 Å². The molecule has 0 heterocycles. The average molecular weight is 340 g/mol. The van der Waals surface area contributed by atoms with Crippen molar-refractivity contribution in [2.24, 2.45) is 0 Å². The molecular formula is C10H5BrF3NO2S. The summed E-state index contributed by atoms with van der Waals surface area (Å²) >= 11 is 2.51. The van der Waals surface area contributed by atoms with Crippen LogP contribution in [0.4, 0.5) is 13.2 Å². The first kappa shape index (κ1) is 14.9.